The first-order chi connectivity index (χ1) is 7.34. The van der Waals surface area contributed by atoms with Crippen molar-refractivity contribution >= 4 is 27.6 Å². The molecule has 0 saturated carbocycles. The van der Waals surface area contributed by atoms with Gasteiger partial charge in [-0.2, -0.15) is 0 Å². The second kappa shape index (κ2) is 4.20. The zero-order valence-electron chi connectivity index (χ0n) is 8.64. The molecule has 0 aliphatic carbocycles. The molecule has 16 heavy (non-hydrogen) atoms. The minimum atomic E-state index is -0.858. The van der Waals surface area contributed by atoms with E-state index in [1.165, 1.54) is 10.8 Å². The lowest BCUT2D eigenvalue weighted by Gasteiger charge is -2.11. The molecular formula is C13H12O2S. The van der Waals surface area contributed by atoms with Crippen LogP contribution in [0.2, 0.25) is 0 Å². The molecule has 2 aromatic carbocycles. The predicted octanol–water partition coefficient (Wildman–Crippen LogP) is 2.15. The summed E-state index contributed by atoms with van der Waals surface area (Å²) in [5.74, 6) is 0.644. The van der Waals surface area contributed by atoms with Crippen molar-refractivity contribution in [3.05, 3.63) is 48.0 Å². The Kier molecular flexibility index (Phi) is 2.90. The first kappa shape index (κ1) is 11.0. The SMILES string of the molecule is O.O=S1CC=Cc2cc3ccccc3cc21. The summed E-state index contributed by atoms with van der Waals surface area (Å²) in [5, 5.41) is 2.37. The van der Waals surface area contributed by atoms with Crippen molar-refractivity contribution in [2.45, 2.75) is 4.90 Å². The van der Waals surface area contributed by atoms with E-state index in [2.05, 4.69) is 24.3 Å². The van der Waals surface area contributed by atoms with E-state index in [1.54, 1.807) is 0 Å². The highest BCUT2D eigenvalue weighted by Crippen LogP contribution is 2.26. The summed E-state index contributed by atoms with van der Waals surface area (Å²) in [4.78, 5) is 0.969. The van der Waals surface area contributed by atoms with Crippen LogP contribution in [0.1, 0.15) is 5.56 Å². The van der Waals surface area contributed by atoms with Gasteiger partial charge in [0.05, 0.1) is 10.8 Å². The van der Waals surface area contributed by atoms with Gasteiger partial charge >= 0.3 is 0 Å². The molecule has 0 spiro atoms. The summed E-state index contributed by atoms with van der Waals surface area (Å²) in [6.45, 7) is 0. The molecule has 82 valence electrons. The maximum absolute atomic E-state index is 11.8. The monoisotopic (exact) mass is 232 g/mol. The Morgan fingerprint density at radius 3 is 2.50 bits per heavy atom. The van der Waals surface area contributed by atoms with Crippen LogP contribution in [0.5, 0.6) is 0 Å². The molecule has 1 aliphatic rings. The molecule has 3 heteroatoms. The van der Waals surface area contributed by atoms with Crippen LogP contribution in [-0.4, -0.2) is 15.4 Å². The molecule has 0 aromatic heterocycles. The number of hydrogen-bond acceptors (Lipinski definition) is 1. The van der Waals surface area contributed by atoms with E-state index >= 15 is 0 Å². The summed E-state index contributed by atoms with van der Waals surface area (Å²) in [6.07, 6.45) is 4.04. The third kappa shape index (κ3) is 1.68. The summed E-state index contributed by atoms with van der Waals surface area (Å²) in [7, 11) is -0.858. The van der Waals surface area contributed by atoms with Gasteiger partial charge in [-0.05, 0) is 28.5 Å². The van der Waals surface area contributed by atoms with Crippen LogP contribution >= 0.6 is 0 Å². The maximum Gasteiger partial charge on any atom is 0.0574 e. The van der Waals surface area contributed by atoms with Gasteiger partial charge in [-0.3, -0.25) is 4.21 Å². The first-order valence-electron chi connectivity index (χ1n) is 4.92. The molecular weight excluding hydrogens is 220 g/mol. The van der Waals surface area contributed by atoms with Gasteiger partial charge in [0.1, 0.15) is 0 Å². The average molecular weight is 232 g/mol. The summed E-state index contributed by atoms with van der Waals surface area (Å²) < 4.78 is 11.8. The number of hydrogen-bond donors (Lipinski definition) is 0. The van der Waals surface area contributed by atoms with E-state index in [0.717, 1.165) is 10.5 Å². The van der Waals surface area contributed by atoms with Gasteiger partial charge in [0, 0.05) is 10.6 Å². The third-order valence-electron chi connectivity index (χ3n) is 2.67. The summed E-state index contributed by atoms with van der Waals surface area (Å²) in [5.41, 5.74) is 1.10. The standard InChI is InChI=1S/C13H10OS.H2O/c14-15-7-3-6-12-8-10-4-1-2-5-11(10)9-13(12)15;/h1-6,8-9H,7H2;1H2. The third-order valence-corrected chi connectivity index (χ3v) is 4.01. The molecule has 1 heterocycles. The Bertz CT molecular complexity index is 588. The molecule has 0 fully saturated rings. The van der Waals surface area contributed by atoms with Crippen LogP contribution in [0.25, 0.3) is 16.8 Å². The van der Waals surface area contributed by atoms with Crippen LogP contribution in [0.3, 0.4) is 0 Å². The van der Waals surface area contributed by atoms with E-state index in [-0.39, 0.29) is 5.48 Å². The van der Waals surface area contributed by atoms with Gasteiger partial charge in [0.25, 0.3) is 0 Å². The molecule has 0 radical (unpaired) electrons. The van der Waals surface area contributed by atoms with Gasteiger partial charge in [-0.1, -0.05) is 36.4 Å². The van der Waals surface area contributed by atoms with Gasteiger partial charge in [0.15, 0.2) is 0 Å². The number of fused-ring (bicyclic) bond motifs is 2. The molecule has 2 nitrogen and oxygen atoms in total. The molecule has 2 aromatic rings. The minimum Gasteiger partial charge on any atom is -0.412 e. The first-order valence-corrected chi connectivity index (χ1v) is 6.24. The van der Waals surface area contributed by atoms with Gasteiger partial charge in [-0.25, -0.2) is 0 Å². The van der Waals surface area contributed by atoms with Crippen LogP contribution in [0.4, 0.5) is 0 Å². The second-order valence-corrected chi connectivity index (χ2v) is 5.12. The Morgan fingerprint density at radius 1 is 1.06 bits per heavy atom. The fourth-order valence-corrected chi connectivity index (χ4v) is 3.02. The van der Waals surface area contributed by atoms with E-state index in [4.69, 9.17) is 0 Å². The fourth-order valence-electron chi connectivity index (χ4n) is 1.92. The van der Waals surface area contributed by atoms with Crippen molar-refractivity contribution in [1.29, 1.82) is 0 Å². The quantitative estimate of drug-likeness (QED) is 0.686. The Hall–Kier alpha value is -1.45. The number of rotatable bonds is 0. The molecule has 2 N–H and O–H groups in total. The van der Waals surface area contributed by atoms with Gasteiger partial charge < -0.3 is 5.48 Å². The topological polar surface area (TPSA) is 48.6 Å². The lowest BCUT2D eigenvalue weighted by Crippen LogP contribution is -2.02. The molecule has 0 saturated heterocycles. The zero-order chi connectivity index (χ0) is 10.3. The Labute approximate surface area is 96.4 Å². The van der Waals surface area contributed by atoms with Crippen molar-refractivity contribution in [1.82, 2.24) is 0 Å². The van der Waals surface area contributed by atoms with Crippen LogP contribution in [-0.2, 0) is 10.8 Å². The van der Waals surface area contributed by atoms with E-state index in [1.807, 2.05) is 24.3 Å². The highest BCUT2D eigenvalue weighted by molar-refractivity contribution is 7.85. The fraction of sp³-hybridized carbons (Fsp3) is 0.0769. The number of benzene rings is 2. The molecule has 1 aliphatic heterocycles. The van der Waals surface area contributed by atoms with Crippen LogP contribution in [0, 0.1) is 0 Å². The molecule has 3 rings (SSSR count). The van der Waals surface area contributed by atoms with Crippen LogP contribution in [0.15, 0.2) is 47.4 Å². The minimum absolute atomic E-state index is 0. The van der Waals surface area contributed by atoms with E-state index < -0.39 is 10.8 Å². The predicted molar refractivity (Wildman–Crippen MR) is 67.9 cm³/mol. The lowest BCUT2D eigenvalue weighted by atomic mass is 10.1. The molecule has 0 amide bonds. The highest BCUT2D eigenvalue weighted by Gasteiger charge is 2.12. The van der Waals surface area contributed by atoms with Crippen molar-refractivity contribution < 1.29 is 9.69 Å². The molecule has 0 bridgehead atoms. The van der Waals surface area contributed by atoms with E-state index in [0.29, 0.717) is 5.75 Å². The summed E-state index contributed by atoms with van der Waals surface area (Å²) >= 11 is 0. The largest absolute Gasteiger partial charge is 0.412 e. The van der Waals surface area contributed by atoms with Crippen LogP contribution < -0.4 is 0 Å². The highest BCUT2D eigenvalue weighted by atomic mass is 32.2. The Balaban J connectivity index is 0.000000963. The zero-order valence-corrected chi connectivity index (χ0v) is 9.46. The molecule has 1 atom stereocenters. The average Bonchev–Trinajstić information content (AvgIpc) is 2.27. The molecule has 1 unspecified atom stereocenters. The van der Waals surface area contributed by atoms with Crippen molar-refractivity contribution in [2.75, 3.05) is 5.75 Å². The maximum atomic E-state index is 11.8. The normalized spacial score (nSPS) is 17.9. The van der Waals surface area contributed by atoms with Crippen molar-refractivity contribution in [3.63, 3.8) is 0 Å². The lowest BCUT2D eigenvalue weighted by molar-refractivity contribution is 0.684. The van der Waals surface area contributed by atoms with Crippen molar-refractivity contribution in [3.8, 4) is 0 Å². The van der Waals surface area contributed by atoms with E-state index in [9.17, 15) is 4.21 Å². The van der Waals surface area contributed by atoms with Gasteiger partial charge in [0.2, 0.25) is 0 Å². The van der Waals surface area contributed by atoms with Gasteiger partial charge in [-0.15, -0.1) is 0 Å². The second-order valence-electron chi connectivity index (χ2n) is 3.65. The smallest absolute Gasteiger partial charge is 0.0574 e. The van der Waals surface area contributed by atoms with Crippen molar-refractivity contribution in [2.24, 2.45) is 0 Å². The summed E-state index contributed by atoms with van der Waals surface area (Å²) in [6, 6.07) is 12.3. The Morgan fingerprint density at radius 2 is 1.75 bits per heavy atom.